The zero-order valence-electron chi connectivity index (χ0n) is 12.6. The van der Waals surface area contributed by atoms with Crippen molar-refractivity contribution in [3.63, 3.8) is 0 Å². The molecule has 8 heteroatoms. The molecule has 2 aliphatic rings. The Hall–Kier alpha value is -1.96. The lowest BCUT2D eigenvalue weighted by Gasteiger charge is -2.11. The molecule has 0 radical (unpaired) electrons. The summed E-state index contributed by atoms with van der Waals surface area (Å²) >= 11 is 1.14. The molecule has 1 aliphatic carbocycles. The van der Waals surface area contributed by atoms with Gasteiger partial charge in [-0.2, -0.15) is 0 Å². The van der Waals surface area contributed by atoms with Crippen molar-refractivity contribution in [2.24, 2.45) is 4.99 Å². The molecular weight excluding hydrogens is 341 g/mol. The maximum absolute atomic E-state index is 12.5. The number of rotatable bonds is 3. The smallest absolute Gasteiger partial charge is 0.405 e. The first kappa shape index (κ1) is 16.9. The van der Waals surface area contributed by atoms with Crippen molar-refractivity contribution in [2.75, 3.05) is 0 Å². The highest BCUT2D eigenvalue weighted by Gasteiger charge is 2.32. The van der Waals surface area contributed by atoms with Crippen LogP contribution in [0.2, 0.25) is 0 Å². The molecule has 1 amide bonds. The van der Waals surface area contributed by atoms with Crippen molar-refractivity contribution >= 4 is 28.9 Å². The van der Waals surface area contributed by atoms with Crippen LogP contribution >= 0.6 is 11.8 Å². The van der Waals surface area contributed by atoms with E-state index in [1.54, 1.807) is 6.07 Å². The van der Waals surface area contributed by atoms with E-state index in [2.05, 4.69) is 15.0 Å². The third-order valence-corrected chi connectivity index (χ3v) is 4.63. The largest absolute Gasteiger partial charge is 0.573 e. The third-order valence-electron chi connectivity index (χ3n) is 3.71. The van der Waals surface area contributed by atoms with E-state index < -0.39 is 6.36 Å². The van der Waals surface area contributed by atoms with E-state index in [0.29, 0.717) is 10.1 Å². The fourth-order valence-corrected chi connectivity index (χ4v) is 3.53. The first-order chi connectivity index (χ1) is 11.4. The van der Waals surface area contributed by atoms with Crippen LogP contribution in [0.25, 0.3) is 6.08 Å². The number of benzene rings is 1. The molecule has 4 nitrogen and oxygen atoms in total. The minimum atomic E-state index is -4.78. The number of hydrogen-bond acceptors (Lipinski definition) is 4. The fraction of sp³-hybridized carbons (Fsp3) is 0.375. The summed E-state index contributed by atoms with van der Waals surface area (Å²) in [5, 5.41) is 3.17. The van der Waals surface area contributed by atoms with Crippen LogP contribution in [0.4, 0.5) is 13.2 Å². The van der Waals surface area contributed by atoms with Crippen molar-refractivity contribution in [1.29, 1.82) is 0 Å². The highest BCUT2D eigenvalue weighted by atomic mass is 32.2. The number of para-hydroxylation sites is 1. The number of nitrogens with one attached hydrogen (secondary N) is 1. The number of amides is 1. The van der Waals surface area contributed by atoms with Crippen molar-refractivity contribution in [2.45, 2.75) is 38.1 Å². The fourth-order valence-electron chi connectivity index (χ4n) is 2.65. The van der Waals surface area contributed by atoms with Crippen LogP contribution in [-0.4, -0.2) is 23.5 Å². The average Bonchev–Trinajstić information content (AvgIpc) is 3.10. The highest BCUT2D eigenvalue weighted by Crippen LogP contribution is 2.32. The summed E-state index contributed by atoms with van der Waals surface area (Å²) in [4.78, 5) is 16.8. The number of carbonyl (C=O) groups is 1. The zero-order valence-corrected chi connectivity index (χ0v) is 13.4. The SMILES string of the molecule is O=C1NC(=NC2CCCC2)S/C1=C\c1ccccc1OC(F)(F)F. The Morgan fingerprint density at radius 1 is 1.25 bits per heavy atom. The summed E-state index contributed by atoms with van der Waals surface area (Å²) in [7, 11) is 0. The van der Waals surface area contributed by atoms with Gasteiger partial charge < -0.3 is 10.1 Å². The van der Waals surface area contributed by atoms with Gasteiger partial charge in [-0.15, -0.1) is 13.2 Å². The summed E-state index contributed by atoms with van der Waals surface area (Å²) in [6.07, 6.45) is 0.866. The monoisotopic (exact) mass is 356 g/mol. The first-order valence-electron chi connectivity index (χ1n) is 7.54. The van der Waals surface area contributed by atoms with Gasteiger partial charge in [-0.25, -0.2) is 0 Å². The van der Waals surface area contributed by atoms with Crippen LogP contribution in [0, 0.1) is 0 Å². The molecule has 0 aromatic heterocycles. The predicted molar refractivity (Wildman–Crippen MR) is 86.5 cm³/mol. The number of aliphatic imine (C=N–C) groups is 1. The van der Waals surface area contributed by atoms with Crippen molar-refractivity contribution in [1.82, 2.24) is 5.32 Å². The first-order valence-corrected chi connectivity index (χ1v) is 8.36. The Morgan fingerprint density at radius 2 is 1.96 bits per heavy atom. The lowest BCUT2D eigenvalue weighted by molar-refractivity contribution is -0.274. The minimum absolute atomic E-state index is 0.189. The van der Waals surface area contributed by atoms with Gasteiger partial charge in [0.1, 0.15) is 5.75 Å². The molecule has 1 heterocycles. The molecule has 0 atom stereocenters. The van der Waals surface area contributed by atoms with Gasteiger partial charge in [-0.3, -0.25) is 9.79 Å². The molecule has 3 rings (SSSR count). The van der Waals surface area contributed by atoms with E-state index >= 15 is 0 Å². The Morgan fingerprint density at radius 3 is 2.67 bits per heavy atom. The Kier molecular flexibility index (Phi) is 4.84. The second-order valence-electron chi connectivity index (χ2n) is 5.52. The van der Waals surface area contributed by atoms with Crippen molar-refractivity contribution < 1.29 is 22.7 Å². The second-order valence-corrected chi connectivity index (χ2v) is 6.55. The molecule has 24 heavy (non-hydrogen) atoms. The molecule has 1 N–H and O–H groups in total. The van der Waals surface area contributed by atoms with Crippen LogP contribution in [0.5, 0.6) is 5.75 Å². The van der Waals surface area contributed by atoms with E-state index in [-0.39, 0.29) is 23.3 Å². The predicted octanol–water partition coefficient (Wildman–Crippen LogP) is 4.09. The molecule has 1 saturated heterocycles. The Labute approximate surface area is 141 Å². The number of thioether (sulfide) groups is 1. The van der Waals surface area contributed by atoms with Crippen molar-refractivity contribution in [3.05, 3.63) is 34.7 Å². The van der Waals surface area contributed by atoms with Crippen LogP contribution in [-0.2, 0) is 4.79 Å². The topological polar surface area (TPSA) is 50.7 Å². The number of halogens is 3. The molecule has 2 fully saturated rings. The number of ether oxygens (including phenoxy) is 1. The van der Waals surface area contributed by atoms with Crippen LogP contribution in [0.1, 0.15) is 31.2 Å². The van der Waals surface area contributed by atoms with Gasteiger partial charge in [0.2, 0.25) is 0 Å². The van der Waals surface area contributed by atoms with Gasteiger partial charge >= 0.3 is 6.36 Å². The standard InChI is InChI=1S/C16H15F3N2O2S/c17-16(18,19)23-12-8-4-1-5-10(12)9-13-14(22)21-15(24-13)20-11-6-2-3-7-11/h1,4-5,8-9,11H,2-3,6-7H2,(H,20,21,22)/b13-9-. The maximum atomic E-state index is 12.5. The minimum Gasteiger partial charge on any atom is -0.405 e. The van der Waals surface area contributed by atoms with Crippen LogP contribution in [0.3, 0.4) is 0 Å². The average molecular weight is 356 g/mol. The normalized spacial score (nSPS) is 22.4. The molecule has 1 aliphatic heterocycles. The summed E-state index contributed by atoms with van der Waals surface area (Å²) in [6, 6.07) is 5.92. The number of carbonyl (C=O) groups excluding carboxylic acids is 1. The lowest BCUT2D eigenvalue weighted by atomic mass is 10.2. The molecule has 0 bridgehead atoms. The number of nitrogens with zero attached hydrogens (tertiary/aromatic N) is 1. The Balaban J connectivity index is 1.80. The number of amidine groups is 1. The number of hydrogen-bond donors (Lipinski definition) is 1. The lowest BCUT2D eigenvalue weighted by Crippen LogP contribution is -2.21. The second kappa shape index (κ2) is 6.88. The van der Waals surface area contributed by atoms with Gasteiger partial charge in [0, 0.05) is 5.56 Å². The van der Waals surface area contributed by atoms with E-state index in [0.717, 1.165) is 37.4 Å². The molecule has 128 valence electrons. The molecule has 1 saturated carbocycles. The van der Waals surface area contributed by atoms with E-state index in [9.17, 15) is 18.0 Å². The van der Waals surface area contributed by atoms with Gasteiger partial charge in [0.15, 0.2) is 5.17 Å². The van der Waals surface area contributed by atoms with E-state index in [1.165, 1.54) is 24.3 Å². The summed E-state index contributed by atoms with van der Waals surface area (Å²) in [6.45, 7) is 0. The van der Waals surface area contributed by atoms with E-state index in [4.69, 9.17) is 0 Å². The van der Waals surface area contributed by atoms with Crippen LogP contribution in [0.15, 0.2) is 34.2 Å². The van der Waals surface area contributed by atoms with Gasteiger partial charge in [-0.05, 0) is 36.7 Å². The van der Waals surface area contributed by atoms with Crippen LogP contribution < -0.4 is 10.1 Å². The van der Waals surface area contributed by atoms with Crippen molar-refractivity contribution in [3.8, 4) is 5.75 Å². The quantitative estimate of drug-likeness (QED) is 0.830. The molecule has 0 spiro atoms. The third kappa shape index (κ3) is 4.31. The summed E-state index contributed by atoms with van der Waals surface area (Å²) in [5.74, 6) is -0.703. The zero-order chi connectivity index (χ0) is 17.2. The molecule has 0 unspecified atom stereocenters. The maximum Gasteiger partial charge on any atom is 0.573 e. The summed E-state index contributed by atoms with van der Waals surface area (Å²) < 4.78 is 41.4. The van der Waals surface area contributed by atoms with Gasteiger partial charge in [-0.1, -0.05) is 31.0 Å². The Bertz CT molecular complexity index is 695. The molecule has 1 aromatic rings. The number of alkyl halides is 3. The van der Waals surface area contributed by atoms with Gasteiger partial charge in [0.05, 0.1) is 10.9 Å². The summed E-state index contributed by atoms with van der Waals surface area (Å²) in [5.41, 5.74) is 0.189. The van der Waals surface area contributed by atoms with Gasteiger partial charge in [0.25, 0.3) is 5.91 Å². The highest BCUT2D eigenvalue weighted by molar-refractivity contribution is 8.18. The van der Waals surface area contributed by atoms with E-state index in [1.807, 2.05) is 0 Å². The molecular formula is C16H15F3N2O2S. The molecule has 1 aromatic carbocycles.